The smallest absolute Gasteiger partial charge is 0.304 e. The number of aromatic nitrogens is 2. The van der Waals surface area contributed by atoms with Gasteiger partial charge >= 0.3 is 5.69 Å². The molecule has 0 radical (unpaired) electrons. The molecule has 0 atom stereocenters. The topological polar surface area (TPSA) is 107 Å². The Balaban J connectivity index is 2.27. The minimum Gasteiger partial charge on any atom is -0.393 e. The van der Waals surface area contributed by atoms with E-state index in [9.17, 15) is 14.9 Å². The number of benzene rings is 1. The largest absolute Gasteiger partial charge is 0.393 e. The van der Waals surface area contributed by atoms with Gasteiger partial charge in [0.05, 0.1) is 11.1 Å². The van der Waals surface area contributed by atoms with Gasteiger partial charge in [0.1, 0.15) is 11.3 Å². The second kappa shape index (κ2) is 5.61. The van der Waals surface area contributed by atoms with Gasteiger partial charge in [0, 0.05) is 32.4 Å². The number of anilines is 1. The number of rotatable bonds is 4. The molecule has 0 spiro atoms. The molecule has 0 unspecified atom stereocenters. The van der Waals surface area contributed by atoms with Crippen LogP contribution in [-0.4, -0.2) is 32.6 Å². The van der Waals surface area contributed by atoms with Crippen LogP contribution >= 0.6 is 0 Å². The average molecular weight is 289 g/mol. The molecule has 0 fully saturated rings. The number of nitrogens with zero attached hydrogens (tertiary/aromatic N) is 4. The number of amides is 1. The molecule has 0 saturated carbocycles. The lowest BCUT2D eigenvalue weighted by Gasteiger charge is -2.16. The Bertz CT molecular complexity index is 695. The summed E-state index contributed by atoms with van der Waals surface area (Å²) in [4.78, 5) is 24.2. The fourth-order valence-electron chi connectivity index (χ4n) is 2.04. The Morgan fingerprint density at radius 3 is 2.81 bits per heavy atom. The minimum absolute atomic E-state index is 0.0219. The maximum Gasteiger partial charge on any atom is 0.304 e. The third kappa shape index (κ3) is 2.99. The van der Waals surface area contributed by atoms with E-state index in [0.29, 0.717) is 6.54 Å². The molecule has 0 bridgehead atoms. The Labute approximate surface area is 120 Å². The van der Waals surface area contributed by atoms with Gasteiger partial charge in [-0.3, -0.25) is 19.6 Å². The first-order valence-corrected chi connectivity index (χ1v) is 6.16. The van der Waals surface area contributed by atoms with Crippen molar-refractivity contribution < 1.29 is 9.72 Å². The summed E-state index contributed by atoms with van der Waals surface area (Å²) in [5.74, 6) is -0.460. The van der Waals surface area contributed by atoms with Crippen LogP contribution in [0.15, 0.2) is 30.6 Å². The highest BCUT2D eigenvalue weighted by atomic mass is 16.6. The fourth-order valence-corrected chi connectivity index (χ4v) is 2.04. The number of hydrogen-bond donors (Lipinski definition) is 1. The summed E-state index contributed by atoms with van der Waals surface area (Å²) in [7, 11) is 3.34. The molecule has 1 aromatic heterocycles. The molecule has 8 heteroatoms. The normalized spacial score (nSPS) is 10.4. The van der Waals surface area contributed by atoms with Crippen molar-refractivity contribution in [3.8, 4) is 0 Å². The number of nitro groups is 1. The zero-order valence-electron chi connectivity index (χ0n) is 11.7. The van der Waals surface area contributed by atoms with Crippen LogP contribution in [0.3, 0.4) is 0 Å². The van der Waals surface area contributed by atoms with Crippen molar-refractivity contribution in [3.05, 3.63) is 51.8 Å². The highest BCUT2D eigenvalue weighted by molar-refractivity contribution is 6.00. The first-order chi connectivity index (χ1) is 9.90. The molecule has 2 aromatic rings. The highest BCUT2D eigenvalue weighted by Gasteiger charge is 2.25. The van der Waals surface area contributed by atoms with E-state index in [0.717, 1.165) is 5.56 Å². The number of nitro benzene ring substituents is 1. The summed E-state index contributed by atoms with van der Waals surface area (Å²) >= 11 is 0. The molecule has 1 heterocycles. The Kier molecular flexibility index (Phi) is 3.88. The summed E-state index contributed by atoms with van der Waals surface area (Å²) in [6.45, 7) is 0.304. The van der Waals surface area contributed by atoms with Crippen molar-refractivity contribution in [2.24, 2.45) is 7.05 Å². The van der Waals surface area contributed by atoms with Crippen molar-refractivity contribution in [2.75, 3.05) is 12.8 Å². The fraction of sp³-hybridized carbons (Fsp3) is 0.231. The third-order valence-electron chi connectivity index (χ3n) is 3.01. The van der Waals surface area contributed by atoms with Gasteiger partial charge in [-0.05, 0) is 12.1 Å². The Morgan fingerprint density at radius 2 is 2.24 bits per heavy atom. The van der Waals surface area contributed by atoms with E-state index in [1.54, 1.807) is 31.2 Å². The van der Waals surface area contributed by atoms with Crippen LogP contribution in [0.5, 0.6) is 0 Å². The number of aryl methyl sites for hydroxylation is 1. The molecular formula is C13H15N5O3. The summed E-state index contributed by atoms with van der Waals surface area (Å²) in [6, 6.07) is 4.32. The number of nitrogens with two attached hydrogens (primary N) is 1. The minimum atomic E-state index is -0.638. The van der Waals surface area contributed by atoms with Crippen LogP contribution in [0.4, 0.5) is 11.4 Å². The van der Waals surface area contributed by atoms with Crippen molar-refractivity contribution >= 4 is 17.3 Å². The predicted octanol–water partition coefficient (Wildman–Crippen LogP) is 1.18. The van der Waals surface area contributed by atoms with Crippen molar-refractivity contribution in [2.45, 2.75) is 6.54 Å². The third-order valence-corrected chi connectivity index (χ3v) is 3.01. The molecular weight excluding hydrogens is 274 g/mol. The van der Waals surface area contributed by atoms with Crippen molar-refractivity contribution in [3.63, 3.8) is 0 Å². The van der Waals surface area contributed by atoms with Crippen LogP contribution in [0.2, 0.25) is 0 Å². The zero-order chi connectivity index (χ0) is 15.6. The maximum absolute atomic E-state index is 12.4. The van der Waals surface area contributed by atoms with Gasteiger partial charge in [0.15, 0.2) is 0 Å². The first kappa shape index (κ1) is 14.5. The van der Waals surface area contributed by atoms with Gasteiger partial charge in [-0.1, -0.05) is 6.07 Å². The van der Waals surface area contributed by atoms with Gasteiger partial charge in [0.2, 0.25) is 0 Å². The van der Waals surface area contributed by atoms with Gasteiger partial charge in [-0.2, -0.15) is 5.10 Å². The molecule has 110 valence electrons. The van der Waals surface area contributed by atoms with Crippen molar-refractivity contribution in [1.82, 2.24) is 14.7 Å². The van der Waals surface area contributed by atoms with E-state index in [1.165, 1.54) is 23.1 Å². The Morgan fingerprint density at radius 1 is 1.52 bits per heavy atom. The van der Waals surface area contributed by atoms with Crippen LogP contribution in [-0.2, 0) is 13.6 Å². The van der Waals surface area contributed by atoms with E-state index >= 15 is 0 Å². The lowest BCUT2D eigenvalue weighted by Crippen LogP contribution is -2.27. The average Bonchev–Trinajstić information content (AvgIpc) is 2.82. The van der Waals surface area contributed by atoms with E-state index in [4.69, 9.17) is 5.73 Å². The summed E-state index contributed by atoms with van der Waals surface area (Å²) in [5, 5.41) is 15.1. The molecule has 2 rings (SSSR count). The van der Waals surface area contributed by atoms with Gasteiger partial charge in [-0.15, -0.1) is 0 Å². The SMILES string of the molecule is CN(Cc1cnn(C)c1)C(=O)c1cccc(N)c1[N+](=O)[O-]. The van der Waals surface area contributed by atoms with Gasteiger partial charge in [-0.25, -0.2) is 0 Å². The monoisotopic (exact) mass is 289 g/mol. The highest BCUT2D eigenvalue weighted by Crippen LogP contribution is 2.27. The van der Waals surface area contributed by atoms with E-state index in [1.807, 2.05) is 0 Å². The zero-order valence-corrected chi connectivity index (χ0v) is 11.7. The van der Waals surface area contributed by atoms with Gasteiger partial charge < -0.3 is 10.6 Å². The molecule has 0 aliphatic carbocycles. The molecule has 21 heavy (non-hydrogen) atoms. The summed E-state index contributed by atoms with van der Waals surface area (Å²) < 4.78 is 1.62. The number of hydrogen-bond acceptors (Lipinski definition) is 5. The number of para-hydroxylation sites is 1. The molecule has 2 N–H and O–H groups in total. The number of carbonyl (C=O) groups is 1. The number of nitrogen functional groups attached to an aromatic ring is 1. The Hall–Kier alpha value is -2.90. The summed E-state index contributed by atoms with van der Waals surface area (Å²) in [6.07, 6.45) is 3.41. The molecule has 0 aliphatic rings. The summed E-state index contributed by atoms with van der Waals surface area (Å²) in [5.41, 5.74) is 6.01. The molecule has 0 saturated heterocycles. The van der Waals surface area contributed by atoms with E-state index in [2.05, 4.69) is 5.10 Å². The van der Waals surface area contributed by atoms with E-state index < -0.39 is 10.8 Å². The molecule has 8 nitrogen and oxygen atoms in total. The van der Waals surface area contributed by atoms with Crippen LogP contribution in [0.25, 0.3) is 0 Å². The van der Waals surface area contributed by atoms with Crippen LogP contribution < -0.4 is 5.73 Å². The second-order valence-electron chi connectivity index (χ2n) is 4.68. The standard InChI is InChI=1S/C13H15N5O3/c1-16(7-9-6-15-17(2)8-9)13(19)10-4-3-5-11(14)12(10)18(20)21/h3-6,8H,7,14H2,1-2H3. The molecule has 1 amide bonds. The second-order valence-corrected chi connectivity index (χ2v) is 4.68. The van der Waals surface area contributed by atoms with Crippen molar-refractivity contribution in [1.29, 1.82) is 0 Å². The van der Waals surface area contributed by atoms with Gasteiger partial charge in [0.25, 0.3) is 5.91 Å². The van der Waals surface area contributed by atoms with Crippen LogP contribution in [0, 0.1) is 10.1 Å². The predicted molar refractivity (Wildman–Crippen MR) is 76.5 cm³/mol. The van der Waals surface area contributed by atoms with Crippen LogP contribution in [0.1, 0.15) is 15.9 Å². The molecule has 0 aliphatic heterocycles. The lowest BCUT2D eigenvalue weighted by atomic mass is 10.1. The lowest BCUT2D eigenvalue weighted by molar-refractivity contribution is -0.384. The first-order valence-electron chi connectivity index (χ1n) is 6.16. The molecule has 1 aromatic carbocycles. The quantitative estimate of drug-likeness (QED) is 0.516. The van der Waals surface area contributed by atoms with E-state index in [-0.39, 0.29) is 16.9 Å². The number of carbonyl (C=O) groups excluding carboxylic acids is 1. The maximum atomic E-state index is 12.4.